The summed E-state index contributed by atoms with van der Waals surface area (Å²) in [6.45, 7) is 0. The highest BCUT2D eigenvalue weighted by atomic mass is 79.9. The Kier molecular flexibility index (Phi) is 4.62. The summed E-state index contributed by atoms with van der Waals surface area (Å²) in [6, 6.07) is 5.69. The van der Waals surface area contributed by atoms with Crippen molar-refractivity contribution < 1.29 is 4.79 Å². The number of nitrogen functional groups attached to an aromatic ring is 1. The number of carbonyl (C=O) groups excluding carboxylic acids is 1. The minimum Gasteiger partial charge on any atom is -0.398 e. The van der Waals surface area contributed by atoms with Crippen molar-refractivity contribution in [2.24, 2.45) is 0 Å². The molecule has 0 saturated carbocycles. The van der Waals surface area contributed by atoms with E-state index < -0.39 is 0 Å². The van der Waals surface area contributed by atoms with E-state index in [9.17, 15) is 4.79 Å². The highest BCUT2D eigenvalue weighted by molar-refractivity contribution is 9.09. The molecule has 0 aromatic heterocycles. The monoisotopic (exact) mass is 319 g/mol. The van der Waals surface area contributed by atoms with E-state index in [4.69, 9.17) is 5.73 Å². The highest BCUT2D eigenvalue weighted by Crippen LogP contribution is 2.17. The van der Waals surface area contributed by atoms with Gasteiger partial charge in [0.1, 0.15) is 5.78 Å². The van der Waals surface area contributed by atoms with Crippen LogP contribution in [0, 0.1) is 0 Å². The summed E-state index contributed by atoms with van der Waals surface area (Å²) in [4.78, 5) is 11.2. The molecular weight excluding hydrogens is 310 g/mol. The zero-order chi connectivity index (χ0) is 10.6. The van der Waals surface area contributed by atoms with Crippen molar-refractivity contribution in [1.82, 2.24) is 0 Å². The summed E-state index contributed by atoms with van der Waals surface area (Å²) in [6.07, 6.45) is 0.464. The highest BCUT2D eigenvalue weighted by Gasteiger charge is 2.04. The number of hydrogen-bond donors (Lipinski definition) is 1. The minimum absolute atomic E-state index is 0.176. The van der Waals surface area contributed by atoms with Gasteiger partial charge in [0.25, 0.3) is 0 Å². The van der Waals surface area contributed by atoms with Crippen molar-refractivity contribution in [3.05, 3.63) is 29.3 Å². The molecule has 2 N–H and O–H groups in total. The molecule has 1 rings (SSSR count). The molecule has 0 atom stereocenters. The fraction of sp³-hybridized carbons (Fsp3) is 0.300. The van der Waals surface area contributed by atoms with Crippen LogP contribution >= 0.6 is 31.9 Å². The molecule has 4 heteroatoms. The molecular formula is C10H11Br2NO. The number of ketones is 1. The van der Waals surface area contributed by atoms with Crippen LogP contribution < -0.4 is 5.73 Å². The lowest BCUT2D eigenvalue weighted by atomic mass is 10.1. The molecule has 0 bridgehead atoms. The molecule has 0 amide bonds. The third kappa shape index (κ3) is 3.10. The predicted octanol–water partition coefficient (Wildman–Crippen LogP) is 2.67. The lowest BCUT2D eigenvalue weighted by molar-refractivity contribution is -0.115. The Balaban J connectivity index is 2.84. The zero-order valence-corrected chi connectivity index (χ0v) is 10.8. The van der Waals surface area contributed by atoms with Crippen LogP contribution in [-0.4, -0.2) is 11.1 Å². The Bertz CT molecular complexity index is 339. The van der Waals surface area contributed by atoms with Crippen molar-refractivity contribution in [3.63, 3.8) is 0 Å². The lowest BCUT2D eigenvalue weighted by Gasteiger charge is -2.05. The first kappa shape index (κ1) is 11.7. The Morgan fingerprint density at radius 1 is 1.36 bits per heavy atom. The largest absolute Gasteiger partial charge is 0.398 e. The van der Waals surface area contributed by atoms with Crippen molar-refractivity contribution in [2.75, 3.05) is 11.1 Å². The fourth-order valence-electron chi connectivity index (χ4n) is 1.16. The van der Waals surface area contributed by atoms with Gasteiger partial charge in [0.15, 0.2) is 0 Å². The number of Topliss-reactive ketones (excluding diaryl/α,β-unsaturated/α-hetero) is 1. The third-order valence-corrected chi connectivity index (χ3v) is 3.13. The van der Waals surface area contributed by atoms with Crippen LogP contribution in [0.3, 0.4) is 0 Å². The maximum Gasteiger partial charge on any atom is 0.147 e. The van der Waals surface area contributed by atoms with Gasteiger partial charge in [-0.05, 0) is 17.2 Å². The van der Waals surface area contributed by atoms with Crippen LogP contribution in [0.1, 0.15) is 11.1 Å². The number of halogens is 2. The quantitative estimate of drug-likeness (QED) is 0.684. The van der Waals surface area contributed by atoms with Gasteiger partial charge in [0.2, 0.25) is 0 Å². The summed E-state index contributed by atoms with van der Waals surface area (Å²) >= 11 is 6.49. The van der Waals surface area contributed by atoms with Crippen LogP contribution in [0.25, 0.3) is 0 Å². The van der Waals surface area contributed by atoms with Gasteiger partial charge in [0, 0.05) is 17.4 Å². The standard InChI is InChI=1S/C10H11Br2NO/c11-5-8-3-7(1-2-10(8)13)4-9(14)6-12/h1-3H,4-6,13H2. The second-order valence-corrected chi connectivity index (χ2v) is 4.14. The van der Waals surface area contributed by atoms with E-state index in [0.717, 1.165) is 22.1 Å². The van der Waals surface area contributed by atoms with E-state index in [1.807, 2.05) is 18.2 Å². The Labute approximate surface area is 100 Å². The van der Waals surface area contributed by atoms with E-state index >= 15 is 0 Å². The molecule has 0 fully saturated rings. The number of benzene rings is 1. The van der Waals surface area contributed by atoms with Crippen molar-refractivity contribution in [3.8, 4) is 0 Å². The smallest absolute Gasteiger partial charge is 0.147 e. The summed E-state index contributed by atoms with van der Waals surface area (Å²) < 4.78 is 0. The molecule has 76 valence electrons. The Morgan fingerprint density at radius 2 is 2.07 bits per heavy atom. The molecule has 0 unspecified atom stereocenters. The second kappa shape index (κ2) is 5.51. The average Bonchev–Trinajstić information content (AvgIpc) is 2.20. The van der Waals surface area contributed by atoms with Gasteiger partial charge < -0.3 is 5.73 Å². The average molecular weight is 321 g/mol. The Hall–Kier alpha value is -0.350. The van der Waals surface area contributed by atoms with Crippen molar-refractivity contribution >= 4 is 43.3 Å². The predicted molar refractivity (Wildman–Crippen MR) is 66.0 cm³/mol. The molecule has 0 spiro atoms. The third-order valence-electron chi connectivity index (χ3n) is 1.90. The molecule has 14 heavy (non-hydrogen) atoms. The van der Waals surface area contributed by atoms with Crippen LogP contribution in [0.5, 0.6) is 0 Å². The number of nitrogens with two attached hydrogens (primary N) is 1. The van der Waals surface area contributed by atoms with Crippen LogP contribution in [0.15, 0.2) is 18.2 Å². The van der Waals surface area contributed by atoms with Gasteiger partial charge in [-0.15, -0.1) is 0 Å². The van der Waals surface area contributed by atoms with E-state index in [-0.39, 0.29) is 5.78 Å². The molecule has 0 aliphatic carbocycles. The van der Waals surface area contributed by atoms with Crippen LogP contribution in [-0.2, 0) is 16.5 Å². The summed E-state index contributed by atoms with van der Waals surface area (Å²) in [5.41, 5.74) is 8.54. The van der Waals surface area contributed by atoms with Gasteiger partial charge in [-0.3, -0.25) is 4.79 Å². The number of rotatable bonds is 4. The Morgan fingerprint density at radius 3 is 2.64 bits per heavy atom. The number of carbonyl (C=O) groups is 1. The SMILES string of the molecule is Nc1ccc(CC(=O)CBr)cc1CBr. The number of alkyl halides is 2. The lowest BCUT2D eigenvalue weighted by Crippen LogP contribution is -2.04. The maximum absolute atomic E-state index is 11.2. The van der Waals surface area contributed by atoms with E-state index in [0.29, 0.717) is 11.8 Å². The molecule has 0 saturated heterocycles. The van der Waals surface area contributed by atoms with Gasteiger partial charge in [0.05, 0.1) is 5.33 Å². The van der Waals surface area contributed by atoms with Crippen LogP contribution in [0.2, 0.25) is 0 Å². The molecule has 0 aliphatic rings. The van der Waals surface area contributed by atoms with E-state index in [2.05, 4.69) is 31.9 Å². The van der Waals surface area contributed by atoms with Gasteiger partial charge in [-0.1, -0.05) is 44.0 Å². The molecule has 0 heterocycles. The van der Waals surface area contributed by atoms with Crippen molar-refractivity contribution in [1.29, 1.82) is 0 Å². The van der Waals surface area contributed by atoms with Gasteiger partial charge >= 0.3 is 0 Å². The molecule has 0 radical (unpaired) electrons. The second-order valence-electron chi connectivity index (χ2n) is 3.02. The topological polar surface area (TPSA) is 43.1 Å². The van der Waals surface area contributed by atoms with E-state index in [1.54, 1.807) is 0 Å². The fourth-order valence-corrected chi connectivity index (χ4v) is 1.84. The number of hydrogen-bond acceptors (Lipinski definition) is 2. The molecule has 0 aliphatic heterocycles. The minimum atomic E-state index is 0.176. The van der Waals surface area contributed by atoms with E-state index in [1.165, 1.54) is 0 Å². The maximum atomic E-state index is 11.2. The van der Waals surface area contributed by atoms with Gasteiger partial charge in [-0.25, -0.2) is 0 Å². The number of anilines is 1. The first-order valence-electron chi connectivity index (χ1n) is 4.18. The van der Waals surface area contributed by atoms with Gasteiger partial charge in [-0.2, -0.15) is 0 Å². The first-order valence-corrected chi connectivity index (χ1v) is 6.42. The van der Waals surface area contributed by atoms with Crippen LogP contribution in [0.4, 0.5) is 5.69 Å². The summed E-state index contributed by atoms with van der Waals surface area (Å²) in [5.74, 6) is 0.176. The zero-order valence-electron chi connectivity index (χ0n) is 7.59. The van der Waals surface area contributed by atoms with Crippen molar-refractivity contribution in [2.45, 2.75) is 11.8 Å². The normalized spacial score (nSPS) is 10.1. The molecule has 1 aromatic rings. The first-order chi connectivity index (χ1) is 6.67. The molecule has 2 nitrogen and oxygen atoms in total. The summed E-state index contributed by atoms with van der Waals surface area (Å²) in [7, 11) is 0. The summed E-state index contributed by atoms with van der Waals surface area (Å²) in [5, 5.41) is 1.12. The molecule has 1 aromatic carbocycles.